The van der Waals surface area contributed by atoms with Crippen molar-refractivity contribution < 1.29 is 19.8 Å². The summed E-state index contributed by atoms with van der Waals surface area (Å²) >= 11 is 0. The number of rotatable bonds is 4. The largest absolute Gasteiger partial charge is 0.634 e. The van der Waals surface area contributed by atoms with Crippen LogP contribution in [0.3, 0.4) is 0 Å². The normalized spacial score (nSPS) is 16.5. The van der Waals surface area contributed by atoms with Crippen LogP contribution in [0.1, 0.15) is 20.3 Å². The molecule has 0 saturated heterocycles. The third-order valence-corrected chi connectivity index (χ3v) is 1.03. The molecule has 0 rings (SSSR count). The lowest BCUT2D eigenvalue weighted by molar-refractivity contribution is 0.0791. The minimum atomic E-state index is -1.74. The Labute approximate surface area is 60.6 Å². The van der Waals surface area contributed by atoms with E-state index in [9.17, 15) is 0 Å². The second-order valence-electron chi connectivity index (χ2n) is 2.36. The summed E-state index contributed by atoms with van der Waals surface area (Å²) in [6, 6.07) is 0. The molecule has 0 saturated carbocycles. The number of aliphatic hydroxyl groups is 1. The highest BCUT2D eigenvalue weighted by Gasteiger charge is 2.14. The van der Waals surface area contributed by atoms with E-state index in [-0.39, 0.29) is 6.10 Å². The summed E-state index contributed by atoms with van der Waals surface area (Å²) in [5.74, 6) is 0. The van der Waals surface area contributed by atoms with E-state index >= 15 is 0 Å². The Bertz CT molecular complexity index is 75.7. The number of hydrogen-bond acceptors (Lipinski definition) is 4. The fourth-order valence-electron chi connectivity index (χ4n) is 0.744. The Balaban J connectivity index is 3.34. The first-order valence-electron chi connectivity index (χ1n) is 3.22. The first-order chi connectivity index (χ1) is 4.52. The Kier molecular flexibility index (Phi) is 4.63. The predicted molar refractivity (Wildman–Crippen MR) is 37.0 cm³/mol. The maximum atomic E-state index is 8.79. The van der Waals surface area contributed by atoms with Crippen LogP contribution in [0.4, 0.5) is 0 Å². The van der Waals surface area contributed by atoms with E-state index in [1.165, 1.54) is 0 Å². The van der Waals surface area contributed by atoms with Crippen LogP contribution < -0.4 is 0 Å². The van der Waals surface area contributed by atoms with Crippen LogP contribution in [0.2, 0.25) is 0 Å². The minimum absolute atomic E-state index is 0.333. The predicted octanol–water partition coefficient (Wildman–Crippen LogP) is -0.868. The molecule has 0 aromatic carbocycles. The highest BCUT2D eigenvalue weighted by Crippen LogP contribution is 2.01. The van der Waals surface area contributed by atoms with E-state index in [0.717, 1.165) is 0 Å². The molecule has 0 aromatic heterocycles. The van der Waals surface area contributed by atoms with Crippen molar-refractivity contribution in [1.29, 1.82) is 0 Å². The van der Waals surface area contributed by atoms with Crippen molar-refractivity contribution in [3.63, 3.8) is 0 Å². The quantitative estimate of drug-likeness (QED) is 0.453. The summed E-state index contributed by atoms with van der Waals surface area (Å²) in [5.41, 5.74) is 0. The SMILES string of the molecule is CC(O)CC(C)OB(O)O. The van der Waals surface area contributed by atoms with E-state index in [1.54, 1.807) is 13.8 Å². The van der Waals surface area contributed by atoms with Crippen molar-refractivity contribution in [1.82, 2.24) is 0 Å². The van der Waals surface area contributed by atoms with Crippen LogP contribution in [0.25, 0.3) is 0 Å². The van der Waals surface area contributed by atoms with Crippen molar-refractivity contribution >= 4 is 7.32 Å². The van der Waals surface area contributed by atoms with Gasteiger partial charge in [-0.05, 0) is 20.3 Å². The van der Waals surface area contributed by atoms with Gasteiger partial charge in [0.15, 0.2) is 0 Å². The van der Waals surface area contributed by atoms with E-state index in [1.807, 2.05) is 0 Å². The zero-order chi connectivity index (χ0) is 8.15. The van der Waals surface area contributed by atoms with Crippen molar-refractivity contribution in [2.24, 2.45) is 0 Å². The second-order valence-corrected chi connectivity index (χ2v) is 2.36. The lowest BCUT2D eigenvalue weighted by atomic mass is 10.1. The minimum Gasteiger partial charge on any atom is -0.402 e. The average molecular weight is 148 g/mol. The average Bonchev–Trinajstić information content (AvgIpc) is 1.58. The van der Waals surface area contributed by atoms with Crippen molar-refractivity contribution in [2.45, 2.75) is 32.5 Å². The molecule has 0 radical (unpaired) electrons. The number of hydrogen-bond donors (Lipinski definition) is 3. The number of aliphatic hydroxyl groups excluding tert-OH is 1. The van der Waals surface area contributed by atoms with Gasteiger partial charge in [0.2, 0.25) is 0 Å². The molecule has 60 valence electrons. The summed E-state index contributed by atoms with van der Waals surface area (Å²) in [7, 11) is -1.74. The van der Waals surface area contributed by atoms with Crippen molar-refractivity contribution in [2.75, 3.05) is 0 Å². The van der Waals surface area contributed by atoms with Gasteiger partial charge in [0.1, 0.15) is 0 Å². The van der Waals surface area contributed by atoms with Gasteiger partial charge in [-0.15, -0.1) is 0 Å². The Morgan fingerprint density at radius 1 is 1.40 bits per heavy atom. The third kappa shape index (κ3) is 6.03. The summed E-state index contributed by atoms with van der Waals surface area (Å²) in [5, 5.41) is 25.4. The van der Waals surface area contributed by atoms with Gasteiger partial charge in [0, 0.05) is 6.10 Å². The summed E-state index contributed by atoms with van der Waals surface area (Å²) in [4.78, 5) is 0. The lowest BCUT2D eigenvalue weighted by Crippen LogP contribution is -2.26. The van der Waals surface area contributed by atoms with Gasteiger partial charge in [0.25, 0.3) is 0 Å². The standard InChI is InChI=1S/C5H13BO4/c1-4(7)3-5(2)10-6(8)9/h4-5,7-9H,3H2,1-2H3. The Morgan fingerprint density at radius 2 is 1.90 bits per heavy atom. The molecule has 0 amide bonds. The zero-order valence-electron chi connectivity index (χ0n) is 6.19. The first kappa shape index (κ1) is 9.90. The monoisotopic (exact) mass is 148 g/mol. The molecule has 0 aliphatic carbocycles. The van der Waals surface area contributed by atoms with Crippen LogP contribution in [0.5, 0.6) is 0 Å². The van der Waals surface area contributed by atoms with Crippen LogP contribution in [0, 0.1) is 0 Å². The lowest BCUT2D eigenvalue weighted by Gasteiger charge is -2.13. The van der Waals surface area contributed by atoms with Crippen molar-refractivity contribution in [3.05, 3.63) is 0 Å². The molecule has 0 fully saturated rings. The Hall–Kier alpha value is -0.0951. The van der Waals surface area contributed by atoms with Gasteiger partial charge < -0.3 is 19.8 Å². The molecule has 3 N–H and O–H groups in total. The second kappa shape index (κ2) is 4.68. The molecule has 4 nitrogen and oxygen atoms in total. The van der Waals surface area contributed by atoms with Gasteiger partial charge in [-0.25, -0.2) is 0 Å². The first-order valence-corrected chi connectivity index (χ1v) is 3.22. The maximum Gasteiger partial charge on any atom is 0.634 e. The molecule has 0 aromatic rings. The van der Waals surface area contributed by atoms with Crippen LogP contribution in [-0.2, 0) is 4.65 Å². The van der Waals surface area contributed by atoms with E-state index in [4.69, 9.17) is 15.2 Å². The molecule has 0 heterocycles. The fourth-order valence-corrected chi connectivity index (χ4v) is 0.744. The van der Waals surface area contributed by atoms with Gasteiger partial charge in [-0.2, -0.15) is 0 Å². The highest BCUT2D eigenvalue weighted by molar-refractivity contribution is 6.32. The van der Waals surface area contributed by atoms with Crippen molar-refractivity contribution in [3.8, 4) is 0 Å². The third-order valence-electron chi connectivity index (χ3n) is 1.03. The Morgan fingerprint density at radius 3 is 2.20 bits per heavy atom. The fraction of sp³-hybridized carbons (Fsp3) is 1.00. The van der Waals surface area contributed by atoms with E-state index in [0.29, 0.717) is 6.42 Å². The maximum absolute atomic E-state index is 8.79. The molecule has 10 heavy (non-hydrogen) atoms. The highest BCUT2D eigenvalue weighted by atomic mass is 16.6. The molecular weight excluding hydrogens is 135 g/mol. The molecule has 0 aliphatic heterocycles. The summed E-state index contributed by atoms with van der Waals surface area (Å²) < 4.78 is 4.51. The zero-order valence-corrected chi connectivity index (χ0v) is 6.19. The van der Waals surface area contributed by atoms with Gasteiger partial charge in [-0.1, -0.05) is 0 Å². The van der Waals surface area contributed by atoms with Crippen LogP contribution in [0.15, 0.2) is 0 Å². The molecular formula is C5H13BO4. The van der Waals surface area contributed by atoms with Gasteiger partial charge in [0.05, 0.1) is 6.10 Å². The molecule has 2 unspecified atom stereocenters. The van der Waals surface area contributed by atoms with Crippen LogP contribution >= 0.6 is 0 Å². The van der Waals surface area contributed by atoms with Gasteiger partial charge in [-0.3, -0.25) is 0 Å². The molecule has 5 heteroatoms. The van der Waals surface area contributed by atoms with Crippen LogP contribution in [-0.4, -0.2) is 34.7 Å². The molecule has 0 aliphatic rings. The smallest absolute Gasteiger partial charge is 0.402 e. The molecule has 0 bridgehead atoms. The van der Waals surface area contributed by atoms with E-state index < -0.39 is 13.4 Å². The van der Waals surface area contributed by atoms with E-state index in [2.05, 4.69) is 4.65 Å². The molecule has 0 spiro atoms. The van der Waals surface area contributed by atoms with Gasteiger partial charge >= 0.3 is 7.32 Å². The summed E-state index contributed by atoms with van der Waals surface area (Å²) in [6.07, 6.45) is -0.411. The topological polar surface area (TPSA) is 69.9 Å². The molecule has 2 atom stereocenters. The summed E-state index contributed by atoms with van der Waals surface area (Å²) in [6.45, 7) is 3.27.